The lowest BCUT2D eigenvalue weighted by Crippen LogP contribution is -1.96. The number of hydrogen-bond acceptors (Lipinski definition) is 3. The van der Waals surface area contributed by atoms with Crippen molar-refractivity contribution in [1.82, 2.24) is 14.5 Å². The molecular formula is C39H24N4. The molecule has 43 heavy (non-hydrogen) atoms. The van der Waals surface area contributed by atoms with Crippen LogP contribution in [0, 0.1) is 11.3 Å². The van der Waals surface area contributed by atoms with Gasteiger partial charge >= 0.3 is 0 Å². The van der Waals surface area contributed by atoms with Crippen molar-refractivity contribution in [2.75, 3.05) is 0 Å². The maximum absolute atomic E-state index is 9.23. The lowest BCUT2D eigenvalue weighted by molar-refractivity contribution is 1.18. The summed E-state index contributed by atoms with van der Waals surface area (Å²) in [5, 5.41) is 12.7. The summed E-state index contributed by atoms with van der Waals surface area (Å²) in [6.45, 7) is 0. The average Bonchev–Trinajstić information content (AvgIpc) is 3.42. The van der Waals surface area contributed by atoms with Gasteiger partial charge in [-0.1, -0.05) is 78.9 Å². The Morgan fingerprint density at radius 2 is 1.12 bits per heavy atom. The maximum atomic E-state index is 9.23. The molecule has 8 aromatic rings. The summed E-state index contributed by atoms with van der Waals surface area (Å²) >= 11 is 0. The van der Waals surface area contributed by atoms with Crippen LogP contribution in [0.25, 0.3) is 72.2 Å². The van der Waals surface area contributed by atoms with Crippen LogP contribution in [0.1, 0.15) is 5.56 Å². The molecule has 0 saturated carbocycles. The highest BCUT2D eigenvalue weighted by molar-refractivity contribution is 6.10. The Bertz CT molecular complexity index is 2330. The molecule has 6 aromatic carbocycles. The monoisotopic (exact) mass is 548 g/mol. The van der Waals surface area contributed by atoms with Crippen molar-refractivity contribution in [2.24, 2.45) is 0 Å². The van der Waals surface area contributed by atoms with Crippen LogP contribution in [0.5, 0.6) is 0 Å². The van der Waals surface area contributed by atoms with Gasteiger partial charge in [0.1, 0.15) is 0 Å². The van der Waals surface area contributed by atoms with Crippen LogP contribution >= 0.6 is 0 Å². The van der Waals surface area contributed by atoms with Gasteiger partial charge in [0.25, 0.3) is 0 Å². The molecule has 2 aromatic heterocycles. The van der Waals surface area contributed by atoms with Gasteiger partial charge in [0, 0.05) is 33.0 Å². The van der Waals surface area contributed by atoms with Gasteiger partial charge in [0.2, 0.25) is 0 Å². The molecule has 4 heteroatoms. The van der Waals surface area contributed by atoms with Gasteiger partial charge in [-0.15, -0.1) is 0 Å². The average molecular weight is 549 g/mol. The molecular weight excluding hydrogens is 524 g/mol. The first-order valence-corrected chi connectivity index (χ1v) is 14.2. The quantitative estimate of drug-likeness (QED) is 0.220. The molecule has 8 rings (SSSR count). The second-order valence-corrected chi connectivity index (χ2v) is 10.6. The summed E-state index contributed by atoms with van der Waals surface area (Å²) in [6.07, 6.45) is 0. The lowest BCUT2D eigenvalue weighted by atomic mass is 9.98. The molecule has 2 heterocycles. The molecule has 0 radical (unpaired) electrons. The molecule has 0 fully saturated rings. The van der Waals surface area contributed by atoms with Crippen LogP contribution in [-0.2, 0) is 0 Å². The Balaban J connectivity index is 1.32. The molecule has 0 aliphatic carbocycles. The first-order chi connectivity index (χ1) is 21.3. The Morgan fingerprint density at radius 1 is 0.488 bits per heavy atom. The first kappa shape index (κ1) is 24.7. The van der Waals surface area contributed by atoms with E-state index in [0.717, 1.165) is 44.5 Å². The largest absolute Gasteiger partial charge is 0.309 e. The van der Waals surface area contributed by atoms with Crippen LogP contribution in [-0.4, -0.2) is 14.5 Å². The lowest BCUT2D eigenvalue weighted by Gasteiger charge is -2.12. The van der Waals surface area contributed by atoms with E-state index in [-0.39, 0.29) is 0 Å². The van der Waals surface area contributed by atoms with Crippen molar-refractivity contribution in [3.63, 3.8) is 0 Å². The highest BCUT2D eigenvalue weighted by atomic mass is 15.0. The van der Waals surface area contributed by atoms with Gasteiger partial charge < -0.3 is 4.57 Å². The third kappa shape index (κ3) is 4.23. The van der Waals surface area contributed by atoms with E-state index in [0.29, 0.717) is 11.4 Å². The zero-order valence-electron chi connectivity index (χ0n) is 23.1. The fourth-order valence-corrected chi connectivity index (χ4v) is 5.95. The highest BCUT2D eigenvalue weighted by Crippen LogP contribution is 2.37. The minimum Gasteiger partial charge on any atom is -0.309 e. The SMILES string of the molecule is N#Cc1ccc(-c2nc(-c3ccccc3)c3cc(-c4ccc5c(c4)c4ccccc4n5-c4ccccc4)ccc3n2)cc1. The number of fused-ring (bicyclic) bond motifs is 4. The van der Waals surface area contributed by atoms with Gasteiger partial charge in [-0.25, -0.2) is 9.97 Å². The number of rotatable bonds is 4. The number of aromatic nitrogens is 3. The Hall–Kier alpha value is -6.05. The van der Waals surface area contributed by atoms with Crippen LogP contribution in [0.4, 0.5) is 0 Å². The highest BCUT2D eigenvalue weighted by Gasteiger charge is 2.15. The smallest absolute Gasteiger partial charge is 0.160 e. The van der Waals surface area contributed by atoms with E-state index in [9.17, 15) is 5.26 Å². The summed E-state index contributed by atoms with van der Waals surface area (Å²) < 4.78 is 2.33. The number of nitriles is 1. The number of hydrogen-bond donors (Lipinski definition) is 0. The van der Waals surface area contributed by atoms with Crippen molar-refractivity contribution < 1.29 is 0 Å². The van der Waals surface area contributed by atoms with Crippen LogP contribution in [0.15, 0.2) is 146 Å². The van der Waals surface area contributed by atoms with E-state index < -0.39 is 0 Å². The minimum atomic E-state index is 0.612. The molecule has 0 spiro atoms. The second-order valence-electron chi connectivity index (χ2n) is 10.6. The van der Waals surface area contributed by atoms with Gasteiger partial charge in [0.05, 0.1) is 33.9 Å². The molecule has 0 unspecified atom stereocenters. The molecule has 0 N–H and O–H groups in total. The van der Waals surface area contributed by atoms with Crippen molar-refractivity contribution >= 4 is 32.7 Å². The molecule has 0 amide bonds. The van der Waals surface area contributed by atoms with Gasteiger partial charge in [-0.3, -0.25) is 0 Å². The molecule has 0 aliphatic heterocycles. The Morgan fingerprint density at radius 3 is 1.88 bits per heavy atom. The summed E-state index contributed by atoms with van der Waals surface area (Å²) in [4.78, 5) is 10.0. The normalized spacial score (nSPS) is 11.2. The van der Waals surface area contributed by atoms with Gasteiger partial charge in [-0.05, 0) is 77.9 Å². The van der Waals surface area contributed by atoms with Crippen molar-refractivity contribution in [1.29, 1.82) is 5.26 Å². The topological polar surface area (TPSA) is 54.5 Å². The zero-order chi connectivity index (χ0) is 28.8. The van der Waals surface area contributed by atoms with Crippen LogP contribution in [0.3, 0.4) is 0 Å². The van der Waals surface area contributed by atoms with E-state index in [2.05, 4.69) is 114 Å². The Kier molecular flexibility index (Phi) is 5.80. The number of para-hydroxylation sites is 2. The summed E-state index contributed by atoms with van der Waals surface area (Å²) in [5.74, 6) is 0.638. The van der Waals surface area contributed by atoms with Gasteiger partial charge in [-0.2, -0.15) is 5.26 Å². The second kappa shape index (κ2) is 10.1. The molecule has 0 bridgehead atoms. The van der Waals surface area contributed by atoms with Crippen LogP contribution < -0.4 is 0 Å². The molecule has 0 atom stereocenters. The van der Waals surface area contributed by atoms with Crippen molar-refractivity contribution in [3.05, 3.63) is 151 Å². The van der Waals surface area contributed by atoms with Crippen molar-refractivity contribution in [2.45, 2.75) is 0 Å². The predicted molar refractivity (Wildman–Crippen MR) is 175 cm³/mol. The van der Waals surface area contributed by atoms with Crippen LogP contribution in [0.2, 0.25) is 0 Å². The van der Waals surface area contributed by atoms with Crippen molar-refractivity contribution in [3.8, 4) is 45.5 Å². The number of nitrogens with zero attached hydrogens (tertiary/aromatic N) is 4. The fourth-order valence-electron chi connectivity index (χ4n) is 5.95. The molecule has 4 nitrogen and oxygen atoms in total. The maximum Gasteiger partial charge on any atom is 0.160 e. The standard InChI is InChI=1S/C39H24N4/c40-25-26-15-17-28(18-16-26)39-41-35-21-19-29(24-34(35)38(42-39)27-9-3-1-4-10-27)30-20-22-37-33(23-30)32-13-7-8-14-36(32)43(37)31-11-5-2-6-12-31/h1-24H. The van der Waals surface area contributed by atoms with E-state index in [1.54, 1.807) is 12.1 Å². The molecule has 0 aliphatic rings. The van der Waals surface area contributed by atoms with E-state index in [1.165, 1.54) is 21.8 Å². The third-order valence-electron chi connectivity index (χ3n) is 8.04. The first-order valence-electron chi connectivity index (χ1n) is 14.2. The number of benzene rings is 6. The molecule has 200 valence electrons. The van der Waals surface area contributed by atoms with Gasteiger partial charge in [0.15, 0.2) is 5.82 Å². The predicted octanol–water partition coefficient (Wildman–Crippen LogP) is 9.60. The summed E-state index contributed by atoms with van der Waals surface area (Å²) in [7, 11) is 0. The summed E-state index contributed by atoms with van der Waals surface area (Å²) in [6, 6.07) is 52.1. The van der Waals surface area contributed by atoms with E-state index in [4.69, 9.17) is 9.97 Å². The van der Waals surface area contributed by atoms with E-state index in [1.807, 2.05) is 30.3 Å². The minimum absolute atomic E-state index is 0.612. The summed E-state index contributed by atoms with van der Waals surface area (Å²) in [5.41, 5.74) is 10.0. The zero-order valence-corrected chi connectivity index (χ0v) is 23.1. The van der Waals surface area contributed by atoms with E-state index >= 15 is 0 Å². The Labute approximate surface area is 248 Å². The molecule has 0 saturated heterocycles. The fraction of sp³-hybridized carbons (Fsp3) is 0. The third-order valence-corrected chi connectivity index (χ3v) is 8.04.